The first kappa shape index (κ1) is 14.3. The van der Waals surface area contributed by atoms with Crippen LogP contribution in [-0.2, 0) is 4.74 Å². The fraction of sp³-hybridized carbons (Fsp3) is 0.923. The van der Waals surface area contributed by atoms with Crippen molar-refractivity contribution in [2.75, 3.05) is 32.8 Å². The Morgan fingerprint density at radius 3 is 2.47 bits per heavy atom. The third kappa shape index (κ3) is 6.51. The molecule has 0 saturated carbocycles. The largest absolute Gasteiger partial charge is 0.378 e. The maximum absolute atomic E-state index is 11.7. The van der Waals surface area contributed by atoms with Crippen LogP contribution in [-0.4, -0.2) is 43.8 Å². The predicted molar refractivity (Wildman–Crippen MR) is 69.2 cm³/mol. The lowest BCUT2D eigenvalue weighted by Crippen LogP contribution is -2.46. The van der Waals surface area contributed by atoms with Gasteiger partial charge in [0.2, 0.25) is 0 Å². The highest BCUT2D eigenvalue weighted by molar-refractivity contribution is 5.74. The maximum Gasteiger partial charge on any atom is 0.317 e. The van der Waals surface area contributed by atoms with E-state index in [2.05, 4.69) is 12.2 Å². The number of carbonyl (C=O) groups is 1. The van der Waals surface area contributed by atoms with Gasteiger partial charge in [0.05, 0.1) is 13.2 Å². The van der Waals surface area contributed by atoms with E-state index >= 15 is 0 Å². The molecule has 1 rings (SSSR count). The van der Waals surface area contributed by atoms with Gasteiger partial charge in [0.25, 0.3) is 0 Å². The smallest absolute Gasteiger partial charge is 0.317 e. The van der Waals surface area contributed by atoms with Gasteiger partial charge < -0.3 is 15.0 Å². The number of hydrogen-bond donors (Lipinski definition) is 1. The number of ether oxygens (including phenoxy) is 1. The number of carbonyl (C=O) groups excluding carboxylic acids is 1. The van der Waals surface area contributed by atoms with Gasteiger partial charge in [0.1, 0.15) is 0 Å². The molecule has 0 aromatic heterocycles. The molecule has 1 N–H and O–H groups in total. The fourth-order valence-electron chi connectivity index (χ4n) is 1.98. The fourth-order valence-corrected chi connectivity index (χ4v) is 1.98. The van der Waals surface area contributed by atoms with Gasteiger partial charge in [-0.2, -0.15) is 0 Å². The van der Waals surface area contributed by atoms with Crippen LogP contribution in [0.1, 0.15) is 45.4 Å². The van der Waals surface area contributed by atoms with Gasteiger partial charge in [-0.3, -0.25) is 0 Å². The molecular formula is C13H26N2O2. The Morgan fingerprint density at radius 2 is 1.76 bits per heavy atom. The summed E-state index contributed by atoms with van der Waals surface area (Å²) in [6, 6.07) is 0.0712. The summed E-state index contributed by atoms with van der Waals surface area (Å²) < 4.78 is 5.21. The van der Waals surface area contributed by atoms with Crippen LogP contribution in [0.2, 0.25) is 0 Å². The highest BCUT2D eigenvalue weighted by atomic mass is 16.5. The standard InChI is InChI=1S/C13H26N2O2/c1-2-3-4-5-6-7-8-14-13(16)15-9-11-17-12-10-15/h2-12H2,1H3,(H,14,16). The number of nitrogens with one attached hydrogen (secondary N) is 1. The Morgan fingerprint density at radius 1 is 1.12 bits per heavy atom. The lowest BCUT2D eigenvalue weighted by atomic mass is 10.1. The number of hydrogen-bond acceptors (Lipinski definition) is 2. The quantitative estimate of drug-likeness (QED) is 0.696. The highest BCUT2D eigenvalue weighted by Gasteiger charge is 2.15. The summed E-state index contributed by atoms with van der Waals surface area (Å²) in [6.45, 7) is 5.82. The van der Waals surface area contributed by atoms with Crippen molar-refractivity contribution >= 4 is 6.03 Å². The van der Waals surface area contributed by atoms with E-state index in [1.54, 1.807) is 0 Å². The topological polar surface area (TPSA) is 41.6 Å². The molecule has 0 bridgehead atoms. The summed E-state index contributed by atoms with van der Waals surface area (Å²) in [5.41, 5.74) is 0. The molecule has 4 nitrogen and oxygen atoms in total. The van der Waals surface area contributed by atoms with Crippen LogP contribution in [0.5, 0.6) is 0 Å². The zero-order valence-corrected chi connectivity index (χ0v) is 11.0. The molecule has 0 spiro atoms. The Labute approximate surface area is 105 Å². The zero-order chi connectivity index (χ0) is 12.3. The number of unbranched alkanes of at least 4 members (excludes halogenated alkanes) is 5. The van der Waals surface area contributed by atoms with Crippen LogP contribution in [0.4, 0.5) is 4.79 Å². The summed E-state index contributed by atoms with van der Waals surface area (Å²) in [5, 5.41) is 2.97. The molecule has 100 valence electrons. The monoisotopic (exact) mass is 242 g/mol. The van der Waals surface area contributed by atoms with Crippen LogP contribution < -0.4 is 5.32 Å². The molecule has 1 aliphatic rings. The van der Waals surface area contributed by atoms with Gasteiger partial charge >= 0.3 is 6.03 Å². The molecule has 4 heteroatoms. The van der Waals surface area contributed by atoms with Crippen LogP contribution >= 0.6 is 0 Å². The normalized spacial score (nSPS) is 15.9. The molecule has 0 radical (unpaired) electrons. The SMILES string of the molecule is CCCCCCCCNC(=O)N1CCOCC1. The Kier molecular flexibility index (Phi) is 7.80. The van der Waals surface area contributed by atoms with Gasteiger partial charge in [0.15, 0.2) is 0 Å². The molecule has 0 aromatic carbocycles. The highest BCUT2D eigenvalue weighted by Crippen LogP contribution is 2.04. The van der Waals surface area contributed by atoms with E-state index in [-0.39, 0.29) is 6.03 Å². The van der Waals surface area contributed by atoms with Crippen molar-refractivity contribution in [3.05, 3.63) is 0 Å². The van der Waals surface area contributed by atoms with Crippen molar-refractivity contribution in [2.45, 2.75) is 45.4 Å². The molecule has 1 heterocycles. The van der Waals surface area contributed by atoms with Gasteiger partial charge in [-0.25, -0.2) is 4.79 Å². The predicted octanol–water partition coefficient (Wildman–Crippen LogP) is 2.39. The zero-order valence-electron chi connectivity index (χ0n) is 11.0. The summed E-state index contributed by atoms with van der Waals surface area (Å²) in [6.07, 6.45) is 7.56. The van der Waals surface area contributed by atoms with Gasteiger partial charge in [-0.15, -0.1) is 0 Å². The van der Waals surface area contributed by atoms with E-state index in [0.717, 1.165) is 26.1 Å². The first-order valence-corrected chi connectivity index (χ1v) is 6.95. The molecule has 17 heavy (non-hydrogen) atoms. The van der Waals surface area contributed by atoms with Crippen molar-refractivity contribution in [1.82, 2.24) is 10.2 Å². The minimum atomic E-state index is 0.0712. The number of morpholine rings is 1. The molecule has 0 unspecified atom stereocenters. The second-order valence-corrected chi connectivity index (χ2v) is 4.60. The van der Waals surface area contributed by atoms with Crippen LogP contribution in [0.25, 0.3) is 0 Å². The second-order valence-electron chi connectivity index (χ2n) is 4.60. The number of urea groups is 1. The van der Waals surface area contributed by atoms with Gasteiger partial charge in [-0.05, 0) is 6.42 Å². The lowest BCUT2D eigenvalue weighted by Gasteiger charge is -2.26. The van der Waals surface area contributed by atoms with Crippen LogP contribution in [0.3, 0.4) is 0 Å². The molecule has 1 fully saturated rings. The molecular weight excluding hydrogens is 216 g/mol. The van der Waals surface area contributed by atoms with Crippen LogP contribution in [0.15, 0.2) is 0 Å². The third-order valence-electron chi connectivity index (χ3n) is 3.10. The van der Waals surface area contributed by atoms with E-state index in [1.807, 2.05) is 4.90 Å². The summed E-state index contributed by atoms with van der Waals surface area (Å²) >= 11 is 0. The number of nitrogens with zero attached hydrogens (tertiary/aromatic N) is 1. The van der Waals surface area contributed by atoms with E-state index < -0.39 is 0 Å². The first-order chi connectivity index (χ1) is 8.34. The van der Waals surface area contributed by atoms with Crippen molar-refractivity contribution in [3.8, 4) is 0 Å². The van der Waals surface area contributed by atoms with Crippen LogP contribution in [0, 0.1) is 0 Å². The van der Waals surface area contributed by atoms with Crippen molar-refractivity contribution in [3.63, 3.8) is 0 Å². The van der Waals surface area contributed by atoms with E-state index in [0.29, 0.717) is 13.2 Å². The average Bonchev–Trinajstić information content (AvgIpc) is 2.38. The molecule has 1 aliphatic heterocycles. The average molecular weight is 242 g/mol. The molecule has 0 aromatic rings. The van der Waals surface area contributed by atoms with E-state index in [1.165, 1.54) is 32.1 Å². The Bertz CT molecular complexity index is 204. The molecule has 1 saturated heterocycles. The summed E-state index contributed by atoms with van der Waals surface area (Å²) in [5.74, 6) is 0. The first-order valence-electron chi connectivity index (χ1n) is 6.95. The summed E-state index contributed by atoms with van der Waals surface area (Å²) in [7, 11) is 0. The molecule has 0 atom stereocenters. The van der Waals surface area contributed by atoms with E-state index in [4.69, 9.17) is 4.74 Å². The molecule has 2 amide bonds. The van der Waals surface area contributed by atoms with Crippen molar-refractivity contribution in [1.29, 1.82) is 0 Å². The van der Waals surface area contributed by atoms with Crippen molar-refractivity contribution < 1.29 is 9.53 Å². The third-order valence-corrected chi connectivity index (χ3v) is 3.10. The minimum Gasteiger partial charge on any atom is -0.378 e. The minimum absolute atomic E-state index is 0.0712. The molecule has 0 aliphatic carbocycles. The van der Waals surface area contributed by atoms with Crippen molar-refractivity contribution in [2.24, 2.45) is 0 Å². The lowest BCUT2D eigenvalue weighted by molar-refractivity contribution is 0.0532. The van der Waals surface area contributed by atoms with Gasteiger partial charge in [0, 0.05) is 19.6 Å². The maximum atomic E-state index is 11.7. The Hall–Kier alpha value is -0.770. The number of rotatable bonds is 7. The summed E-state index contributed by atoms with van der Waals surface area (Å²) in [4.78, 5) is 13.5. The van der Waals surface area contributed by atoms with Gasteiger partial charge in [-0.1, -0.05) is 39.0 Å². The number of amides is 2. The Balaban J connectivity index is 1.92. The second kappa shape index (κ2) is 9.28. The van der Waals surface area contributed by atoms with E-state index in [9.17, 15) is 4.79 Å².